The third-order valence-electron chi connectivity index (χ3n) is 4.11. The molecule has 0 atom stereocenters. The van der Waals surface area contributed by atoms with Gasteiger partial charge in [-0.3, -0.25) is 20.4 Å². The molecule has 0 aliphatic heterocycles. The molecule has 0 bridgehead atoms. The fraction of sp³-hybridized carbons (Fsp3) is 0.412. The van der Waals surface area contributed by atoms with E-state index in [0.717, 1.165) is 12.8 Å². The lowest BCUT2D eigenvalue weighted by atomic mass is 10.00. The molecule has 2 heterocycles. The minimum absolute atomic E-state index is 0.267. The van der Waals surface area contributed by atoms with E-state index in [1.807, 2.05) is 6.07 Å². The number of thiophene rings is 1. The van der Waals surface area contributed by atoms with Crippen LogP contribution in [0.15, 0.2) is 22.8 Å². The third kappa shape index (κ3) is 3.64. The van der Waals surface area contributed by atoms with E-state index in [-0.39, 0.29) is 11.8 Å². The number of nitrogens with one attached hydrogen (secondary N) is 2. The molecule has 3 rings (SSSR count). The molecule has 0 saturated carbocycles. The van der Waals surface area contributed by atoms with E-state index >= 15 is 0 Å². The van der Waals surface area contributed by atoms with Gasteiger partial charge in [0.15, 0.2) is 0 Å². The molecule has 23 heavy (non-hydrogen) atoms. The Hall–Kier alpha value is -2.08. The molecule has 1 aliphatic carbocycles. The molecule has 0 unspecified atom stereocenters. The lowest BCUT2D eigenvalue weighted by Gasteiger charge is -2.07. The summed E-state index contributed by atoms with van der Waals surface area (Å²) in [7, 11) is 0. The topological polar surface area (TPSA) is 71.3 Å². The molecule has 0 radical (unpaired) electrons. The second-order valence-electron chi connectivity index (χ2n) is 5.77. The van der Waals surface area contributed by atoms with Crippen LogP contribution < -0.4 is 10.9 Å². The molecule has 0 saturated heterocycles. The van der Waals surface area contributed by atoms with Crippen molar-refractivity contribution in [2.75, 3.05) is 0 Å². The standard InChI is InChI=1S/C17H20N2O3S/c1-11-13(8-9-22-11)16(20)18-19-17(21)15-10-12-6-4-2-3-5-7-14(12)23-15/h8-10H,2-7H2,1H3,(H,18,20)(H,19,21). The van der Waals surface area contributed by atoms with Gasteiger partial charge < -0.3 is 4.42 Å². The maximum atomic E-state index is 12.3. The van der Waals surface area contributed by atoms with Crippen molar-refractivity contribution in [3.63, 3.8) is 0 Å². The van der Waals surface area contributed by atoms with Gasteiger partial charge in [-0.2, -0.15) is 0 Å². The van der Waals surface area contributed by atoms with Crippen molar-refractivity contribution < 1.29 is 14.0 Å². The van der Waals surface area contributed by atoms with Crippen molar-refractivity contribution >= 4 is 23.2 Å². The van der Waals surface area contributed by atoms with Crippen LogP contribution in [0, 0.1) is 6.92 Å². The van der Waals surface area contributed by atoms with Crippen LogP contribution in [0.1, 0.15) is 61.9 Å². The van der Waals surface area contributed by atoms with E-state index in [1.54, 1.807) is 13.0 Å². The highest BCUT2D eigenvalue weighted by atomic mass is 32.1. The Balaban J connectivity index is 1.63. The summed E-state index contributed by atoms with van der Waals surface area (Å²) in [6.07, 6.45) is 8.43. The Morgan fingerprint density at radius 1 is 1.09 bits per heavy atom. The summed E-state index contributed by atoms with van der Waals surface area (Å²) >= 11 is 1.54. The Morgan fingerprint density at radius 2 is 1.83 bits per heavy atom. The van der Waals surface area contributed by atoms with Crippen molar-refractivity contribution in [1.29, 1.82) is 0 Å². The van der Waals surface area contributed by atoms with Gasteiger partial charge in [0.1, 0.15) is 5.76 Å². The SMILES string of the molecule is Cc1occc1C(=O)NNC(=O)c1cc2c(s1)CCCCCC2. The average Bonchev–Trinajstić information content (AvgIpc) is 3.11. The van der Waals surface area contributed by atoms with Crippen LogP contribution in [0.5, 0.6) is 0 Å². The van der Waals surface area contributed by atoms with E-state index in [9.17, 15) is 9.59 Å². The lowest BCUT2D eigenvalue weighted by Crippen LogP contribution is -2.41. The molecule has 0 fully saturated rings. The van der Waals surface area contributed by atoms with Gasteiger partial charge >= 0.3 is 0 Å². The minimum atomic E-state index is -0.375. The van der Waals surface area contributed by atoms with Gasteiger partial charge in [0.05, 0.1) is 16.7 Å². The normalized spacial score (nSPS) is 14.5. The van der Waals surface area contributed by atoms with Crippen LogP contribution in [0.2, 0.25) is 0 Å². The molecular formula is C17H20N2O3S. The quantitative estimate of drug-likeness (QED) is 0.828. The summed E-state index contributed by atoms with van der Waals surface area (Å²) in [6, 6.07) is 3.55. The first kappa shape index (κ1) is 15.8. The highest BCUT2D eigenvalue weighted by Gasteiger charge is 2.17. The van der Waals surface area contributed by atoms with E-state index in [0.29, 0.717) is 16.2 Å². The number of rotatable bonds is 2. The number of hydrogen-bond acceptors (Lipinski definition) is 4. The largest absolute Gasteiger partial charge is 0.469 e. The zero-order valence-corrected chi connectivity index (χ0v) is 13.9. The zero-order chi connectivity index (χ0) is 16.2. The predicted octanol–water partition coefficient (Wildman–Crippen LogP) is 3.38. The van der Waals surface area contributed by atoms with Crippen LogP contribution in [-0.2, 0) is 12.8 Å². The van der Waals surface area contributed by atoms with E-state index < -0.39 is 0 Å². The van der Waals surface area contributed by atoms with Gasteiger partial charge in [0.2, 0.25) is 0 Å². The van der Waals surface area contributed by atoms with Crippen molar-refractivity contribution in [3.8, 4) is 0 Å². The van der Waals surface area contributed by atoms with Gasteiger partial charge in [0, 0.05) is 4.88 Å². The summed E-state index contributed by atoms with van der Waals surface area (Å²) in [5.41, 5.74) is 6.63. The van der Waals surface area contributed by atoms with E-state index in [4.69, 9.17) is 4.42 Å². The maximum absolute atomic E-state index is 12.3. The van der Waals surface area contributed by atoms with Crippen LogP contribution in [-0.4, -0.2) is 11.8 Å². The minimum Gasteiger partial charge on any atom is -0.469 e. The van der Waals surface area contributed by atoms with Gasteiger partial charge in [-0.15, -0.1) is 11.3 Å². The second kappa shape index (κ2) is 7.00. The molecule has 5 nitrogen and oxygen atoms in total. The third-order valence-corrected chi connectivity index (χ3v) is 5.35. The Kier molecular flexibility index (Phi) is 4.81. The van der Waals surface area contributed by atoms with Gasteiger partial charge in [-0.1, -0.05) is 12.8 Å². The molecule has 2 aromatic rings. The first-order valence-corrected chi connectivity index (χ1v) is 8.73. The van der Waals surface area contributed by atoms with Crippen LogP contribution in [0.4, 0.5) is 0 Å². The van der Waals surface area contributed by atoms with Crippen molar-refractivity contribution in [2.45, 2.75) is 45.4 Å². The Morgan fingerprint density at radius 3 is 2.57 bits per heavy atom. The Labute approximate surface area is 139 Å². The predicted molar refractivity (Wildman–Crippen MR) is 88.6 cm³/mol. The summed E-state index contributed by atoms with van der Waals surface area (Å²) < 4.78 is 5.08. The second-order valence-corrected chi connectivity index (χ2v) is 6.91. The number of hydrogen-bond donors (Lipinski definition) is 2. The molecule has 2 N–H and O–H groups in total. The monoisotopic (exact) mass is 332 g/mol. The lowest BCUT2D eigenvalue weighted by molar-refractivity contribution is 0.0848. The molecule has 122 valence electrons. The first-order valence-electron chi connectivity index (χ1n) is 7.91. The molecule has 0 aromatic carbocycles. The van der Waals surface area contributed by atoms with Crippen molar-refractivity contribution in [2.24, 2.45) is 0 Å². The van der Waals surface area contributed by atoms with E-state index in [2.05, 4.69) is 10.9 Å². The average molecular weight is 332 g/mol. The van der Waals surface area contributed by atoms with E-state index in [1.165, 1.54) is 53.7 Å². The van der Waals surface area contributed by atoms with Crippen molar-refractivity contribution in [3.05, 3.63) is 45.0 Å². The van der Waals surface area contributed by atoms with Crippen molar-refractivity contribution in [1.82, 2.24) is 10.9 Å². The van der Waals surface area contributed by atoms with Gasteiger partial charge in [-0.05, 0) is 50.3 Å². The fourth-order valence-corrected chi connectivity index (χ4v) is 3.97. The number of fused-ring (bicyclic) bond motifs is 1. The molecular weight excluding hydrogens is 312 g/mol. The smallest absolute Gasteiger partial charge is 0.279 e. The molecule has 2 aromatic heterocycles. The van der Waals surface area contributed by atoms with Crippen LogP contribution in [0.25, 0.3) is 0 Å². The number of carbonyl (C=O) groups excluding carboxylic acids is 2. The highest BCUT2D eigenvalue weighted by Crippen LogP contribution is 2.28. The number of furan rings is 1. The first-order chi connectivity index (χ1) is 11.1. The summed E-state index contributed by atoms with van der Waals surface area (Å²) in [5.74, 6) is -0.119. The number of hydrazine groups is 1. The molecule has 2 amide bonds. The highest BCUT2D eigenvalue weighted by molar-refractivity contribution is 7.14. The molecule has 6 heteroatoms. The number of carbonyl (C=O) groups is 2. The summed E-state index contributed by atoms with van der Waals surface area (Å²) in [4.78, 5) is 26.2. The summed E-state index contributed by atoms with van der Waals surface area (Å²) in [5, 5.41) is 0. The van der Waals surface area contributed by atoms with Crippen LogP contribution >= 0.6 is 11.3 Å². The molecule has 1 aliphatic rings. The number of aryl methyl sites for hydroxylation is 3. The Bertz CT molecular complexity index is 692. The van der Waals surface area contributed by atoms with Gasteiger partial charge in [0.25, 0.3) is 11.8 Å². The van der Waals surface area contributed by atoms with Crippen LogP contribution in [0.3, 0.4) is 0 Å². The zero-order valence-electron chi connectivity index (χ0n) is 13.1. The number of amides is 2. The fourth-order valence-electron chi connectivity index (χ4n) is 2.82. The maximum Gasteiger partial charge on any atom is 0.279 e. The van der Waals surface area contributed by atoms with Gasteiger partial charge in [-0.25, -0.2) is 0 Å². The molecule has 0 spiro atoms. The summed E-state index contributed by atoms with van der Waals surface area (Å²) in [6.45, 7) is 1.70.